The number of hydrogen-bond donors (Lipinski definition) is 2. The molecule has 0 aromatic heterocycles. The molecular formula is C21H17ClFNO3. The largest absolute Gasteiger partial charge is 0.489 e. The molecule has 3 rings (SSSR count). The number of aromatic carboxylic acids is 1. The van der Waals surface area contributed by atoms with E-state index in [0.717, 1.165) is 11.3 Å². The molecule has 0 saturated heterocycles. The lowest BCUT2D eigenvalue weighted by Crippen LogP contribution is -2.01. The van der Waals surface area contributed by atoms with Gasteiger partial charge in [-0.2, -0.15) is 0 Å². The lowest BCUT2D eigenvalue weighted by Gasteiger charge is -2.10. The van der Waals surface area contributed by atoms with Crippen molar-refractivity contribution in [3.05, 3.63) is 94.3 Å². The van der Waals surface area contributed by atoms with Crippen LogP contribution >= 0.6 is 11.6 Å². The zero-order valence-electron chi connectivity index (χ0n) is 14.3. The number of carbonyl (C=O) groups is 1. The summed E-state index contributed by atoms with van der Waals surface area (Å²) >= 11 is 5.99. The first-order valence-corrected chi connectivity index (χ1v) is 8.62. The first kappa shape index (κ1) is 18.7. The molecule has 0 fully saturated rings. The highest BCUT2D eigenvalue weighted by atomic mass is 35.5. The van der Waals surface area contributed by atoms with Crippen molar-refractivity contribution in [2.24, 2.45) is 0 Å². The van der Waals surface area contributed by atoms with Gasteiger partial charge in [0.15, 0.2) is 0 Å². The zero-order valence-corrected chi connectivity index (χ0v) is 15.0. The predicted octanol–water partition coefficient (Wildman–Crippen LogP) is 5.37. The fraction of sp³-hybridized carbons (Fsp3) is 0.0952. The number of hydrogen-bond acceptors (Lipinski definition) is 3. The van der Waals surface area contributed by atoms with Crippen molar-refractivity contribution in [2.75, 3.05) is 5.32 Å². The van der Waals surface area contributed by atoms with Gasteiger partial charge in [-0.25, -0.2) is 9.18 Å². The molecule has 0 spiro atoms. The van der Waals surface area contributed by atoms with Crippen LogP contribution in [0, 0.1) is 5.82 Å². The van der Waals surface area contributed by atoms with Crippen LogP contribution < -0.4 is 10.1 Å². The number of nitrogens with one attached hydrogen (secondary N) is 1. The molecule has 138 valence electrons. The zero-order chi connectivity index (χ0) is 19.2. The standard InChI is InChI=1S/C21H17ClFNO3/c22-20-11-17(23)6-3-16(20)13-27-19-9-1-14(2-10-19)12-24-18-7-4-15(5-8-18)21(25)26/h1-11,24H,12-13H2,(H,25,26). The van der Waals surface area contributed by atoms with E-state index < -0.39 is 5.97 Å². The van der Waals surface area contributed by atoms with Gasteiger partial charge in [0.05, 0.1) is 10.6 Å². The molecule has 2 N–H and O–H groups in total. The van der Waals surface area contributed by atoms with E-state index in [2.05, 4.69) is 5.32 Å². The van der Waals surface area contributed by atoms with Crippen LogP contribution in [0.2, 0.25) is 5.02 Å². The molecule has 6 heteroatoms. The predicted molar refractivity (Wildman–Crippen MR) is 103 cm³/mol. The van der Waals surface area contributed by atoms with Crippen molar-refractivity contribution >= 4 is 23.3 Å². The first-order chi connectivity index (χ1) is 13.0. The molecule has 27 heavy (non-hydrogen) atoms. The Kier molecular flexibility index (Phi) is 5.94. The monoisotopic (exact) mass is 385 g/mol. The minimum absolute atomic E-state index is 0.253. The molecule has 4 nitrogen and oxygen atoms in total. The second kappa shape index (κ2) is 8.56. The summed E-state index contributed by atoms with van der Waals surface area (Å²) in [6.07, 6.45) is 0. The van der Waals surface area contributed by atoms with Crippen LogP contribution in [-0.4, -0.2) is 11.1 Å². The average molecular weight is 386 g/mol. The van der Waals surface area contributed by atoms with Gasteiger partial charge in [-0.3, -0.25) is 0 Å². The van der Waals surface area contributed by atoms with Gasteiger partial charge in [0, 0.05) is 17.8 Å². The van der Waals surface area contributed by atoms with Crippen LogP contribution in [0.4, 0.5) is 10.1 Å². The fourth-order valence-corrected chi connectivity index (χ4v) is 2.66. The van der Waals surface area contributed by atoms with E-state index in [1.807, 2.05) is 24.3 Å². The lowest BCUT2D eigenvalue weighted by molar-refractivity contribution is 0.0697. The van der Waals surface area contributed by atoms with Crippen molar-refractivity contribution in [1.29, 1.82) is 0 Å². The van der Waals surface area contributed by atoms with Crippen LogP contribution in [0.25, 0.3) is 0 Å². The third-order valence-electron chi connectivity index (χ3n) is 3.96. The molecule has 0 aliphatic rings. The fourth-order valence-electron chi connectivity index (χ4n) is 2.44. The van der Waals surface area contributed by atoms with Crippen molar-refractivity contribution in [2.45, 2.75) is 13.2 Å². The van der Waals surface area contributed by atoms with Gasteiger partial charge in [-0.1, -0.05) is 29.8 Å². The summed E-state index contributed by atoms with van der Waals surface area (Å²) in [6, 6.07) is 18.3. The molecule has 3 aromatic rings. The molecule has 0 atom stereocenters. The van der Waals surface area contributed by atoms with Gasteiger partial charge in [-0.05, 0) is 54.1 Å². The highest BCUT2D eigenvalue weighted by Crippen LogP contribution is 2.20. The minimum Gasteiger partial charge on any atom is -0.489 e. The summed E-state index contributed by atoms with van der Waals surface area (Å²) in [5.74, 6) is -0.637. The highest BCUT2D eigenvalue weighted by Gasteiger charge is 2.04. The van der Waals surface area contributed by atoms with Crippen molar-refractivity contribution < 1.29 is 19.0 Å². The van der Waals surface area contributed by atoms with Gasteiger partial charge in [0.1, 0.15) is 18.2 Å². The summed E-state index contributed by atoms with van der Waals surface area (Å²) in [7, 11) is 0. The highest BCUT2D eigenvalue weighted by molar-refractivity contribution is 6.31. The van der Waals surface area contributed by atoms with E-state index in [0.29, 0.717) is 22.9 Å². The van der Waals surface area contributed by atoms with E-state index in [4.69, 9.17) is 21.4 Å². The third-order valence-corrected chi connectivity index (χ3v) is 4.31. The summed E-state index contributed by atoms with van der Waals surface area (Å²) < 4.78 is 18.7. The van der Waals surface area contributed by atoms with Crippen LogP contribution in [0.15, 0.2) is 66.7 Å². The van der Waals surface area contributed by atoms with Crippen LogP contribution in [0.1, 0.15) is 21.5 Å². The molecule has 0 aliphatic heterocycles. The second-order valence-corrected chi connectivity index (χ2v) is 6.31. The average Bonchev–Trinajstić information content (AvgIpc) is 2.67. The number of carboxylic acid groups (broad SMARTS) is 1. The molecule has 0 saturated carbocycles. The molecule has 0 aliphatic carbocycles. The van der Waals surface area contributed by atoms with Crippen molar-refractivity contribution in [1.82, 2.24) is 0 Å². The summed E-state index contributed by atoms with van der Waals surface area (Å²) in [5, 5.41) is 12.5. The number of rotatable bonds is 7. The maximum absolute atomic E-state index is 13.0. The summed E-state index contributed by atoms with van der Waals surface area (Å²) in [5.41, 5.74) is 2.85. The first-order valence-electron chi connectivity index (χ1n) is 8.24. The third kappa shape index (κ3) is 5.21. The van der Waals surface area contributed by atoms with Crippen LogP contribution in [-0.2, 0) is 13.2 Å². The van der Waals surface area contributed by atoms with Crippen molar-refractivity contribution in [3.8, 4) is 5.75 Å². The Morgan fingerprint density at radius 1 is 1.04 bits per heavy atom. The number of ether oxygens (including phenoxy) is 1. The molecule has 0 bridgehead atoms. The van der Waals surface area contributed by atoms with E-state index in [1.54, 1.807) is 30.3 Å². The SMILES string of the molecule is O=C(O)c1ccc(NCc2ccc(OCc3ccc(F)cc3Cl)cc2)cc1. The Balaban J connectivity index is 1.53. The van der Waals surface area contributed by atoms with E-state index in [1.165, 1.54) is 12.1 Å². The Bertz CT molecular complexity index is 927. The number of anilines is 1. The Morgan fingerprint density at radius 2 is 1.74 bits per heavy atom. The maximum atomic E-state index is 13.0. The minimum atomic E-state index is -0.945. The van der Waals surface area contributed by atoms with Crippen LogP contribution in [0.5, 0.6) is 5.75 Å². The van der Waals surface area contributed by atoms with Crippen LogP contribution in [0.3, 0.4) is 0 Å². The number of carboxylic acids is 1. The molecule has 0 heterocycles. The maximum Gasteiger partial charge on any atom is 0.335 e. The molecule has 0 unspecified atom stereocenters. The lowest BCUT2D eigenvalue weighted by atomic mass is 10.2. The topological polar surface area (TPSA) is 58.6 Å². The smallest absolute Gasteiger partial charge is 0.335 e. The Morgan fingerprint density at radius 3 is 2.37 bits per heavy atom. The number of benzene rings is 3. The second-order valence-electron chi connectivity index (χ2n) is 5.90. The van der Waals surface area contributed by atoms with E-state index in [-0.39, 0.29) is 18.0 Å². The Labute approximate surface area is 161 Å². The van der Waals surface area contributed by atoms with Gasteiger partial charge in [-0.15, -0.1) is 0 Å². The van der Waals surface area contributed by atoms with E-state index in [9.17, 15) is 9.18 Å². The summed E-state index contributed by atoms with van der Waals surface area (Å²) in [6.45, 7) is 0.850. The van der Waals surface area contributed by atoms with Gasteiger partial charge < -0.3 is 15.2 Å². The van der Waals surface area contributed by atoms with Gasteiger partial charge >= 0.3 is 5.97 Å². The molecule has 0 radical (unpaired) electrons. The summed E-state index contributed by atoms with van der Waals surface area (Å²) in [4.78, 5) is 10.8. The molecular weight excluding hydrogens is 369 g/mol. The molecule has 0 amide bonds. The van der Waals surface area contributed by atoms with Crippen molar-refractivity contribution in [3.63, 3.8) is 0 Å². The number of halogens is 2. The Hall–Kier alpha value is -3.05. The normalized spacial score (nSPS) is 10.4. The van der Waals surface area contributed by atoms with Gasteiger partial charge in [0.25, 0.3) is 0 Å². The van der Waals surface area contributed by atoms with E-state index >= 15 is 0 Å². The quantitative estimate of drug-likeness (QED) is 0.574. The molecule has 3 aromatic carbocycles. The van der Waals surface area contributed by atoms with Gasteiger partial charge in [0.2, 0.25) is 0 Å².